The number of ether oxygens (including phenoxy) is 2. The number of benzene rings is 1. The lowest BCUT2D eigenvalue weighted by Crippen LogP contribution is -2.25. The zero-order valence-electron chi connectivity index (χ0n) is 9.11. The summed E-state index contributed by atoms with van der Waals surface area (Å²) in [5.74, 6) is 0.415. The van der Waals surface area contributed by atoms with Crippen molar-refractivity contribution in [1.29, 1.82) is 0 Å². The Bertz CT molecular complexity index is 333. The van der Waals surface area contributed by atoms with Gasteiger partial charge in [-0.1, -0.05) is 12.1 Å². The Kier molecular flexibility index (Phi) is 3.35. The fourth-order valence-corrected chi connectivity index (χ4v) is 0.903. The number of hydrogen-bond acceptors (Lipinski definition) is 3. The summed E-state index contributed by atoms with van der Waals surface area (Å²) in [5.41, 5.74) is 0.0665. The minimum Gasteiger partial charge on any atom is -0.428 e. The van der Waals surface area contributed by atoms with E-state index in [9.17, 15) is 4.79 Å². The summed E-state index contributed by atoms with van der Waals surface area (Å²) in [6, 6.07) is 6.53. The van der Waals surface area contributed by atoms with Crippen molar-refractivity contribution >= 4 is 6.16 Å². The molecule has 0 spiro atoms. The van der Waals surface area contributed by atoms with Gasteiger partial charge in [0.2, 0.25) is 0 Å². The molecule has 3 nitrogen and oxygen atoms in total. The summed E-state index contributed by atoms with van der Waals surface area (Å²) in [6.45, 7) is 10.8. The van der Waals surface area contributed by atoms with E-state index < -0.39 is 11.8 Å². The van der Waals surface area contributed by atoms with Crippen molar-refractivity contribution in [2.24, 2.45) is 0 Å². The highest BCUT2D eigenvalue weighted by Crippen LogP contribution is 2.14. The summed E-state index contributed by atoms with van der Waals surface area (Å²) in [6.07, 6.45) is -0.715. The lowest BCUT2D eigenvalue weighted by Gasteiger charge is -2.18. The normalized spacial score (nSPS) is 10.9. The van der Waals surface area contributed by atoms with Gasteiger partial charge in [-0.3, -0.25) is 0 Å². The first-order valence-electron chi connectivity index (χ1n) is 4.63. The van der Waals surface area contributed by atoms with E-state index in [1.165, 1.54) is 0 Å². The van der Waals surface area contributed by atoms with E-state index in [2.05, 4.69) is 0 Å². The molecule has 0 saturated carbocycles. The second kappa shape index (κ2) is 4.34. The Labute approximate surface area is 90.0 Å². The van der Waals surface area contributed by atoms with E-state index in [0.717, 1.165) is 0 Å². The third kappa shape index (κ3) is 4.49. The zero-order chi connectivity index (χ0) is 11.5. The molecule has 1 aromatic rings. The van der Waals surface area contributed by atoms with Crippen molar-refractivity contribution in [3.63, 3.8) is 0 Å². The van der Waals surface area contributed by atoms with Crippen molar-refractivity contribution in [2.45, 2.75) is 26.4 Å². The van der Waals surface area contributed by atoms with Gasteiger partial charge in [-0.15, -0.1) is 0 Å². The van der Waals surface area contributed by atoms with Crippen LogP contribution < -0.4 is 4.74 Å². The summed E-state index contributed by atoms with van der Waals surface area (Å²) >= 11 is 0. The molecule has 3 heteroatoms. The number of rotatable bonds is 1. The maximum Gasteiger partial charge on any atom is 0.514 e. The van der Waals surface area contributed by atoms with Crippen LogP contribution in [0.5, 0.6) is 5.75 Å². The van der Waals surface area contributed by atoms with Crippen LogP contribution in [0.25, 0.3) is 0 Å². The monoisotopic (exact) mass is 206 g/mol. The molecule has 1 aromatic carbocycles. The topological polar surface area (TPSA) is 35.5 Å². The molecule has 1 rings (SSSR count). The minimum absolute atomic E-state index is 0.415. The van der Waals surface area contributed by atoms with Gasteiger partial charge in [-0.2, -0.15) is 0 Å². The highest BCUT2D eigenvalue weighted by Gasteiger charge is 2.17. The molecule has 2 radical (unpaired) electrons. The first kappa shape index (κ1) is 11.6. The Morgan fingerprint density at radius 3 is 2.20 bits per heavy atom. The summed E-state index contributed by atoms with van der Waals surface area (Å²) < 4.78 is 9.91. The number of carbonyl (C=O) groups is 1. The van der Waals surface area contributed by atoms with Gasteiger partial charge in [0.1, 0.15) is 11.4 Å². The summed E-state index contributed by atoms with van der Waals surface area (Å²) in [7, 11) is 0. The maximum atomic E-state index is 11.2. The van der Waals surface area contributed by atoms with Crippen LogP contribution >= 0.6 is 0 Å². The van der Waals surface area contributed by atoms with E-state index in [4.69, 9.17) is 16.4 Å². The maximum absolute atomic E-state index is 11.2. The van der Waals surface area contributed by atoms with Gasteiger partial charge in [0.15, 0.2) is 0 Å². The lowest BCUT2D eigenvalue weighted by molar-refractivity contribution is 0.0206. The Morgan fingerprint density at radius 2 is 1.73 bits per heavy atom. The predicted molar refractivity (Wildman–Crippen MR) is 56.7 cm³/mol. The van der Waals surface area contributed by atoms with Crippen LogP contribution in [0.15, 0.2) is 24.3 Å². The molecular weight excluding hydrogens is 192 g/mol. The standard InChI is InChI=1S/C12H14O3/c1-9-5-7-10(8-6-9)14-11(13)15-12(2,3)4/h1,5-8H,2-4H3. The van der Waals surface area contributed by atoms with Gasteiger partial charge in [0, 0.05) is 0 Å². The average molecular weight is 206 g/mol. The zero-order valence-corrected chi connectivity index (χ0v) is 9.11. The molecule has 0 fully saturated rings. The fraction of sp³-hybridized carbons (Fsp3) is 0.333. The van der Waals surface area contributed by atoms with E-state index in [1.54, 1.807) is 45.0 Å². The third-order valence-corrected chi connectivity index (χ3v) is 1.47. The van der Waals surface area contributed by atoms with Crippen LogP contribution in [0.4, 0.5) is 4.79 Å². The van der Waals surface area contributed by atoms with Gasteiger partial charge < -0.3 is 9.47 Å². The molecule has 0 unspecified atom stereocenters. The molecule has 0 saturated heterocycles. The molecule has 0 aliphatic rings. The molecule has 0 amide bonds. The largest absolute Gasteiger partial charge is 0.514 e. The highest BCUT2D eigenvalue weighted by atomic mass is 16.7. The van der Waals surface area contributed by atoms with Crippen LogP contribution in [0.3, 0.4) is 0 Å². The molecule has 0 aliphatic carbocycles. The Balaban J connectivity index is 2.55. The van der Waals surface area contributed by atoms with Crippen molar-refractivity contribution < 1.29 is 14.3 Å². The van der Waals surface area contributed by atoms with E-state index in [-0.39, 0.29) is 0 Å². The summed E-state index contributed by atoms with van der Waals surface area (Å²) in [4.78, 5) is 11.2. The quantitative estimate of drug-likeness (QED) is 0.523. The molecule has 0 aromatic heterocycles. The molecule has 0 bridgehead atoms. The molecular formula is C12H14O3. The average Bonchev–Trinajstić information content (AvgIpc) is 2.05. The van der Waals surface area contributed by atoms with Crippen molar-refractivity contribution in [3.8, 4) is 5.75 Å². The molecule has 0 atom stereocenters. The van der Waals surface area contributed by atoms with Gasteiger partial charge in [0.05, 0.1) is 0 Å². The second-order valence-electron chi connectivity index (χ2n) is 4.14. The van der Waals surface area contributed by atoms with Gasteiger partial charge in [-0.25, -0.2) is 4.79 Å². The minimum atomic E-state index is -0.715. The van der Waals surface area contributed by atoms with E-state index in [0.29, 0.717) is 11.3 Å². The van der Waals surface area contributed by atoms with Crippen LogP contribution in [0.1, 0.15) is 26.3 Å². The Hall–Kier alpha value is -1.51. The number of carbonyl (C=O) groups excluding carboxylic acids is 1. The molecule has 0 aliphatic heterocycles. The second-order valence-corrected chi connectivity index (χ2v) is 4.14. The van der Waals surface area contributed by atoms with Gasteiger partial charge >= 0.3 is 6.16 Å². The smallest absolute Gasteiger partial charge is 0.428 e. The third-order valence-electron chi connectivity index (χ3n) is 1.47. The van der Waals surface area contributed by atoms with E-state index in [1.807, 2.05) is 0 Å². The first-order valence-corrected chi connectivity index (χ1v) is 4.63. The fourth-order valence-electron chi connectivity index (χ4n) is 0.903. The lowest BCUT2D eigenvalue weighted by atomic mass is 10.2. The summed E-state index contributed by atoms with van der Waals surface area (Å²) in [5, 5.41) is 0. The van der Waals surface area contributed by atoms with Crippen LogP contribution in [-0.4, -0.2) is 11.8 Å². The number of hydrogen-bond donors (Lipinski definition) is 0. The SMILES string of the molecule is [CH]c1ccc(OC(=O)OC(C)(C)C)cc1. The van der Waals surface area contributed by atoms with Crippen molar-refractivity contribution in [3.05, 3.63) is 36.8 Å². The molecule has 15 heavy (non-hydrogen) atoms. The molecule has 0 heterocycles. The van der Waals surface area contributed by atoms with Crippen molar-refractivity contribution in [1.82, 2.24) is 0 Å². The van der Waals surface area contributed by atoms with Crippen LogP contribution in [-0.2, 0) is 4.74 Å². The molecule has 80 valence electrons. The van der Waals surface area contributed by atoms with E-state index >= 15 is 0 Å². The molecule has 0 N–H and O–H groups in total. The van der Waals surface area contributed by atoms with Gasteiger partial charge in [-0.05, 0) is 45.4 Å². The Morgan fingerprint density at radius 1 is 1.20 bits per heavy atom. The highest BCUT2D eigenvalue weighted by molar-refractivity contribution is 5.64. The van der Waals surface area contributed by atoms with Gasteiger partial charge in [0.25, 0.3) is 0 Å². The first-order chi connectivity index (χ1) is 6.87. The predicted octanol–water partition coefficient (Wildman–Crippen LogP) is 3.06. The van der Waals surface area contributed by atoms with Crippen LogP contribution in [0.2, 0.25) is 0 Å². The van der Waals surface area contributed by atoms with Crippen molar-refractivity contribution in [2.75, 3.05) is 0 Å². The van der Waals surface area contributed by atoms with Crippen LogP contribution in [0, 0.1) is 6.92 Å².